The highest BCUT2D eigenvalue weighted by Crippen LogP contribution is 2.26. The van der Waals surface area contributed by atoms with Crippen molar-refractivity contribution in [3.05, 3.63) is 76.0 Å². The zero-order chi connectivity index (χ0) is 20.6. The second kappa shape index (κ2) is 9.52. The van der Waals surface area contributed by atoms with Gasteiger partial charge in [-0.05, 0) is 47.3 Å². The largest absolute Gasteiger partial charge is 0.493 e. The Morgan fingerprint density at radius 1 is 0.966 bits per heavy atom. The van der Waals surface area contributed by atoms with Crippen molar-refractivity contribution >= 4 is 35.1 Å². The van der Waals surface area contributed by atoms with Crippen LogP contribution in [-0.4, -0.2) is 32.2 Å². The lowest BCUT2D eigenvalue weighted by Gasteiger charge is -2.09. The fourth-order valence-corrected chi connectivity index (χ4v) is 3.16. The van der Waals surface area contributed by atoms with Crippen molar-refractivity contribution < 1.29 is 19.1 Å². The van der Waals surface area contributed by atoms with Gasteiger partial charge in [0.05, 0.1) is 36.6 Å². The smallest absolute Gasteiger partial charge is 0.273 e. The summed E-state index contributed by atoms with van der Waals surface area (Å²) in [7, 11) is 3.10. The molecule has 0 fully saturated rings. The van der Waals surface area contributed by atoms with E-state index in [0.29, 0.717) is 27.6 Å². The molecule has 0 saturated carbocycles. The molecule has 2 aromatic carbocycles. The van der Waals surface area contributed by atoms with E-state index >= 15 is 0 Å². The topological polar surface area (TPSA) is 89.0 Å². The number of hydrazone groups is 1. The summed E-state index contributed by atoms with van der Waals surface area (Å²) in [5.74, 6) is 0.450. The van der Waals surface area contributed by atoms with Crippen LogP contribution in [0.5, 0.6) is 11.5 Å². The van der Waals surface area contributed by atoms with Crippen molar-refractivity contribution in [2.24, 2.45) is 5.10 Å². The Morgan fingerprint density at radius 2 is 1.76 bits per heavy atom. The molecule has 2 N–H and O–H groups in total. The number of ether oxygens (including phenoxy) is 2. The second-order valence-electron chi connectivity index (χ2n) is 5.79. The maximum atomic E-state index is 12.5. The molecule has 148 valence electrons. The summed E-state index contributed by atoms with van der Waals surface area (Å²) in [5, 5.41) is 8.56. The SMILES string of the molecule is COc1ccc(/C=N\NC(=O)c2ccccc2NC(=O)c2cccs2)cc1OC. The molecule has 1 aromatic heterocycles. The van der Waals surface area contributed by atoms with Gasteiger partial charge in [-0.2, -0.15) is 5.10 Å². The molecule has 8 heteroatoms. The first-order chi connectivity index (χ1) is 14.1. The zero-order valence-electron chi connectivity index (χ0n) is 15.8. The third-order valence-corrected chi connectivity index (χ3v) is 4.82. The van der Waals surface area contributed by atoms with Crippen molar-refractivity contribution in [2.45, 2.75) is 0 Å². The number of nitrogens with one attached hydrogen (secondary N) is 2. The first-order valence-electron chi connectivity index (χ1n) is 8.61. The standard InChI is InChI=1S/C21H19N3O4S/c1-27-17-10-9-14(12-18(17)28-2)13-22-24-20(25)15-6-3-4-7-16(15)23-21(26)19-8-5-11-29-19/h3-13H,1-2H3,(H,23,26)(H,24,25)/b22-13-. The van der Waals surface area contributed by atoms with Crippen molar-refractivity contribution in [1.29, 1.82) is 0 Å². The molecular weight excluding hydrogens is 390 g/mol. The number of hydrogen-bond acceptors (Lipinski definition) is 6. The zero-order valence-corrected chi connectivity index (χ0v) is 16.7. The van der Waals surface area contributed by atoms with Gasteiger partial charge in [0.1, 0.15) is 0 Å². The molecule has 1 heterocycles. The molecule has 0 aliphatic carbocycles. The van der Waals surface area contributed by atoms with E-state index in [9.17, 15) is 9.59 Å². The lowest BCUT2D eigenvalue weighted by Crippen LogP contribution is -2.21. The molecule has 3 rings (SSSR count). The molecule has 0 spiro atoms. The minimum absolute atomic E-state index is 0.269. The van der Waals surface area contributed by atoms with Crippen LogP contribution in [0.3, 0.4) is 0 Å². The number of para-hydroxylation sites is 1. The van der Waals surface area contributed by atoms with Gasteiger partial charge < -0.3 is 14.8 Å². The minimum Gasteiger partial charge on any atom is -0.493 e. The Bertz CT molecular complexity index is 1030. The minimum atomic E-state index is -0.441. The lowest BCUT2D eigenvalue weighted by atomic mass is 10.1. The van der Waals surface area contributed by atoms with Gasteiger partial charge in [-0.15, -0.1) is 11.3 Å². The number of rotatable bonds is 7. The van der Waals surface area contributed by atoms with Crippen LogP contribution in [0.25, 0.3) is 0 Å². The van der Waals surface area contributed by atoms with Gasteiger partial charge >= 0.3 is 0 Å². The van der Waals surface area contributed by atoms with Gasteiger partial charge in [-0.1, -0.05) is 18.2 Å². The molecular formula is C21H19N3O4S. The molecule has 0 radical (unpaired) electrons. The number of methoxy groups -OCH3 is 2. The molecule has 3 aromatic rings. The summed E-state index contributed by atoms with van der Waals surface area (Å²) >= 11 is 1.33. The van der Waals surface area contributed by atoms with Gasteiger partial charge in [0.15, 0.2) is 11.5 Å². The van der Waals surface area contributed by atoms with Crippen LogP contribution in [0.2, 0.25) is 0 Å². The first-order valence-corrected chi connectivity index (χ1v) is 9.49. The van der Waals surface area contributed by atoms with Crippen molar-refractivity contribution in [2.75, 3.05) is 19.5 Å². The summed E-state index contributed by atoms with van der Waals surface area (Å²) in [6.45, 7) is 0. The van der Waals surface area contributed by atoms with Crippen LogP contribution in [0, 0.1) is 0 Å². The van der Waals surface area contributed by atoms with E-state index in [4.69, 9.17) is 9.47 Å². The Kier molecular flexibility index (Phi) is 6.59. The summed E-state index contributed by atoms with van der Waals surface area (Å²) in [5.41, 5.74) is 3.91. The average molecular weight is 409 g/mol. The molecule has 29 heavy (non-hydrogen) atoms. The highest BCUT2D eigenvalue weighted by molar-refractivity contribution is 7.12. The van der Waals surface area contributed by atoms with E-state index < -0.39 is 5.91 Å². The number of carbonyl (C=O) groups excluding carboxylic acids is 2. The van der Waals surface area contributed by atoms with Crippen LogP contribution in [0.4, 0.5) is 5.69 Å². The predicted molar refractivity (Wildman–Crippen MR) is 113 cm³/mol. The Morgan fingerprint density at radius 3 is 2.48 bits per heavy atom. The molecule has 0 unspecified atom stereocenters. The third-order valence-electron chi connectivity index (χ3n) is 3.95. The molecule has 0 aliphatic rings. The molecule has 2 amide bonds. The van der Waals surface area contributed by atoms with Crippen LogP contribution in [0.15, 0.2) is 65.1 Å². The number of hydrogen-bond donors (Lipinski definition) is 2. The fraction of sp³-hybridized carbons (Fsp3) is 0.0952. The quantitative estimate of drug-likeness (QED) is 0.459. The summed E-state index contributed by atoms with van der Waals surface area (Å²) in [6, 6.07) is 15.5. The summed E-state index contributed by atoms with van der Waals surface area (Å²) in [6.07, 6.45) is 1.49. The summed E-state index contributed by atoms with van der Waals surface area (Å²) in [4.78, 5) is 25.4. The van der Waals surface area contributed by atoms with E-state index in [1.54, 1.807) is 68.8 Å². The highest BCUT2D eigenvalue weighted by atomic mass is 32.1. The van der Waals surface area contributed by atoms with Crippen LogP contribution < -0.4 is 20.2 Å². The molecule has 0 atom stereocenters. The number of thiophene rings is 1. The maximum Gasteiger partial charge on any atom is 0.273 e. The van der Waals surface area contributed by atoms with E-state index in [1.165, 1.54) is 17.6 Å². The lowest BCUT2D eigenvalue weighted by molar-refractivity contribution is 0.0956. The fourth-order valence-electron chi connectivity index (χ4n) is 2.54. The van der Waals surface area contributed by atoms with E-state index in [0.717, 1.165) is 5.56 Å². The van der Waals surface area contributed by atoms with Crippen LogP contribution >= 0.6 is 11.3 Å². The number of benzene rings is 2. The predicted octanol–water partition coefficient (Wildman–Crippen LogP) is 3.78. The second-order valence-corrected chi connectivity index (χ2v) is 6.74. The third kappa shape index (κ3) is 4.99. The molecule has 0 saturated heterocycles. The number of amides is 2. The van der Waals surface area contributed by atoms with Crippen LogP contribution in [0.1, 0.15) is 25.6 Å². The molecule has 0 aliphatic heterocycles. The molecule has 7 nitrogen and oxygen atoms in total. The Hall–Kier alpha value is -3.65. The van der Waals surface area contributed by atoms with Gasteiger partial charge in [-0.25, -0.2) is 5.43 Å². The summed E-state index contributed by atoms with van der Waals surface area (Å²) < 4.78 is 10.4. The van der Waals surface area contributed by atoms with Crippen LogP contribution in [-0.2, 0) is 0 Å². The van der Waals surface area contributed by atoms with Gasteiger partial charge in [0.2, 0.25) is 0 Å². The number of anilines is 1. The number of carbonyl (C=O) groups is 2. The number of nitrogens with zero attached hydrogens (tertiary/aromatic N) is 1. The normalized spacial score (nSPS) is 10.6. The van der Waals surface area contributed by atoms with E-state index in [1.807, 2.05) is 5.38 Å². The van der Waals surface area contributed by atoms with Crippen molar-refractivity contribution in [3.8, 4) is 11.5 Å². The van der Waals surface area contributed by atoms with Gasteiger partial charge in [0.25, 0.3) is 11.8 Å². The average Bonchev–Trinajstić information content (AvgIpc) is 3.29. The van der Waals surface area contributed by atoms with Gasteiger partial charge in [-0.3, -0.25) is 9.59 Å². The Balaban J connectivity index is 1.70. The highest BCUT2D eigenvalue weighted by Gasteiger charge is 2.14. The van der Waals surface area contributed by atoms with E-state index in [-0.39, 0.29) is 5.91 Å². The first kappa shape index (κ1) is 20.1. The monoisotopic (exact) mass is 409 g/mol. The maximum absolute atomic E-state index is 12.5. The van der Waals surface area contributed by atoms with Gasteiger partial charge in [0, 0.05) is 0 Å². The van der Waals surface area contributed by atoms with Crippen molar-refractivity contribution in [1.82, 2.24) is 5.43 Å². The van der Waals surface area contributed by atoms with E-state index in [2.05, 4.69) is 15.8 Å². The Labute approximate surface area is 172 Å². The molecule has 0 bridgehead atoms. The van der Waals surface area contributed by atoms with Crippen molar-refractivity contribution in [3.63, 3.8) is 0 Å².